The number of nitrogens with two attached hydrogens (primary N) is 1. The Bertz CT molecular complexity index is 507. The Kier molecular flexibility index (Phi) is 4.40. The second-order valence-electron chi connectivity index (χ2n) is 7.02. The van der Waals surface area contributed by atoms with E-state index < -0.39 is 0 Å². The maximum atomic E-state index is 12.6. The highest BCUT2D eigenvalue weighted by molar-refractivity contribution is 5.79. The van der Waals surface area contributed by atoms with Crippen LogP contribution in [0.25, 0.3) is 0 Å². The van der Waals surface area contributed by atoms with Crippen molar-refractivity contribution in [3.05, 3.63) is 35.4 Å². The topological polar surface area (TPSA) is 55.6 Å². The van der Waals surface area contributed by atoms with E-state index in [0.717, 1.165) is 11.1 Å². The van der Waals surface area contributed by atoms with Crippen LogP contribution in [0, 0.1) is 0 Å². The minimum absolute atomic E-state index is 0.139. The molecular formula is C17H26N2O2. The molecule has 116 valence electrons. The van der Waals surface area contributed by atoms with Crippen LogP contribution in [0.1, 0.15) is 38.8 Å². The van der Waals surface area contributed by atoms with Gasteiger partial charge in [-0.2, -0.15) is 0 Å². The maximum absolute atomic E-state index is 12.6. The van der Waals surface area contributed by atoms with Gasteiger partial charge in [-0.1, -0.05) is 24.3 Å². The fourth-order valence-corrected chi connectivity index (χ4v) is 3.17. The molecule has 0 bridgehead atoms. The fraction of sp³-hybridized carbons (Fsp3) is 0.588. The fourth-order valence-electron chi connectivity index (χ4n) is 3.17. The number of rotatable bonds is 3. The zero-order valence-electron chi connectivity index (χ0n) is 13.5. The quantitative estimate of drug-likeness (QED) is 0.927. The number of nitrogens with zero attached hydrogens (tertiary/aromatic N) is 1. The molecule has 0 saturated carbocycles. The Morgan fingerprint density at radius 1 is 1.14 bits per heavy atom. The van der Waals surface area contributed by atoms with Crippen LogP contribution in [0.4, 0.5) is 0 Å². The van der Waals surface area contributed by atoms with Crippen molar-refractivity contribution >= 4 is 5.91 Å². The molecule has 0 aromatic heterocycles. The van der Waals surface area contributed by atoms with Crippen molar-refractivity contribution in [1.82, 2.24) is 4.90 Å². The number of ether oxygens (including phenoxy) is 1. The van der Waals surface area contributed by atoms with Crippen LogP contribution in [-0.2, 0) is 22.5 Å². The van der Waals surface area contributed by atoms with Crippen molar-refractivity contribution in [1.29, 1.82) is 0 Å². The first kappa shape index (κ1) is 16.0. The molecule has 1 aliphatic rings. The molecule has 0 atom stereocenters. The maximum Gasteiger partial charge on any atom is 0.227 e. The van der Waals surface area contributed by atoms with Crippen LogP contribution in [0.2, 0.25) is 0 Å². The van der Waals surface area contributed by atoms with Crippen molar-refractivity contribution in [3.63, 3.8) is 0 Å². The van der Waals surface area contributed by atoms with Crippen LogP contribution in [0.15, 0.2) is 24.3 Å². The molecule has 2 rings (SSSR count). The minimum atomic E-state index is -0.315. The van der Waals surface area contributed by atoms with E-state index in [4.69, 9.17) is 10.5 Å². The van der Waals surface area contributed by atoms with Crippen LogP contribution in [0.3, 0.4) is 0 Å². The van der Waals surface area contributed by atoms with Crippen molar-refractivity contribution in [2.45, 2.75) is 51.9 Å². The zero-order chi connectivity index (χ0) is 15.7. The summed E-state index contributed by atoms with van der Waals surface area (Å²) in [6.07, 6.45) is 0.402. The molecule has 1 heterocycles. The van der Waals surface area contributed by atoms with Gasteiger partial charge in [0, 0.05) is 19.6 Å². The van der Waals surface area contributed by atoms with Crippen LogP contribution in [-0.4, -0.2) is 35.1 Å². The highest BCUT2D eigenvalue weighted by atomic mass is 16.5. The van der Waals surface area contributed by atoms with Crippen molar-refractivity contribution in [2.24, 2.45) is 5.73 Å². The number of carbonyl (C=O) groups excluding carboxylic acids is 1. The predicted molar refractivity (Wildman–Crippen MR) is 83.9 cm³/mol. The first-order valence-electron chi connectivity index (χ1n) is 7.47. The lowest BCUT2D eigenvalue weighted by atomic mass is 9.97. The van der Waals surface area contributed by atoms with Crippen molar-refractivity contribution in [3.8, 4) is 0 Å². The molecule has 4 nitrogen and oxygen atoms in total. The van der Waals surface area contributed by atoms with Crippen molar-refractivity contribution < 1.29 is 9.53 Å². The molecule has 0 unspecified atom stereocenters. The van der Waals surface area contributed by atoms with E-state index >= 15 is 0 Å². The number of amides is 1. The van der Waals surface area contributed by atoms with Gasteiger partial charge in [-0.25, -0.2) is 0 Å². The Hall–Kier alpha value is -1.39. The molecule has 1 aromatic carbocycles. The predicted octanol–water partition coefficient (Wildman–Crippen LogP) is 2.10. The molecule has 4 heteroatoms. The molecule has 1 amide bonds. The molecule has 1 saturated heterocycles. The van der Waals surface area contributed by atoms with E-state index in [1.807, 2.05) is 56.9 Å². The molecule has 21 heavy (non-hydrogen) atoms. The number of benzene rings is 1. The monoisotopic (exact) mass is 290 g/mol. The van der Waals surface area contributed by atoms with Gasteiger partial charge in [0.05, 0.1) is 17.6 Å². The van der Waals surface area contributed by atoms with Crippen LogP contribution >= 0.6 is 0 Å². The number of hydrogen-bond donors (Lipinski definition) is 1. The van der Waals surface area contributed by atoms with Gasteiger partial charge in [0.15, 0.2) is 0 Å². The molecular weight excluding hydrogens is 264 g/mol. The average Bonchev–Trinajstić information content (AvgIpc) is 2.35. The summed E-state index contributed by atoms with van der Waals surface area (Å²) in [5.41, 5.74) is 7.18. The molecule has 0 aliphatic carbocycles. The van der Waals surface area contributed by atoms with Crippen LogP contribution in [0.5, 0.6) is 0 Å². The normalized spacial score (nSPS) is 20.3. The highest BCUT2D eigenvalue weighted by Crippen LogP contribution is 2.28. The third kappa shape index (κ3) is 4.05. The third-order valence-corrected chi connectivity index (χ3v) is 3.73. The van der Waals surface area contributed by atoms with E-state index in [-0.39, 0.29) is 17.1 Å². The van der Waals surface area contributed by atoms with Gasteiger partial charge in [0.2, 0.25) is 5.91 Å². The second kappa shape index (κ2) is 5.78. The number of morpholine rings is 1. The molecule has 1 aromatic rings. The van der Waals surface area contributed by atoms with Gasteiger partial charge in [0.25, 0.3) is 0 Å². The SMILES string of the molecule is CC1(C)CN(C(=O)Cc2ccccc2CN)CC(C)(C)O1. The Balaban J connectivity index is 2.13. The van der Waals surface area contributed by atoms with Crippen LogP contribution < -0.4 is 5.73 Å². The molecule has 2 N–H and O–H groups in total. The summed E-state index contributed by atoms with van der Waals surface area (Å²) in [6.45, 7) is 9.83. The lowest BCUT2D eigenvalue weighted by molar-refractivity contribution is -0.187. The van der Waals surface area contributed by atoms with Crippen molar-refractivity contribution in [2.75, 3.05) is 13.1 Å². The Morgan fingerprint density at radius 3 is 2.19 bits per heavy atom. The van der Waals surface area contributed by atoms with Gasteiger partial charge < -0.3 is 15.4 Å². The Morgan fingerprint density at radius 2 is 1.67 bits per heavy atom. The summed E-state index contributed by atoms with van der Waals surface area (Å²) in [6, 6.07) is 7.87. The summed E-state index contributed by atoms with van der Waals surface area (Å²) in [7, 11) is 0. The van der Waals surface area contributed by atoms with Gasteiger partial charge in [0.1, 0.15) is 0 Å². The standard InChI is InChI=1S/C17H26N2O2/c1-16(2)11-19(12-17(3,4)21-16)15(20)9-13-7-5-6-8-14(13)10-18/h5-8H,9-12,18H2,1-4H3. The third-order valence-electron chi connectivity index (χ3n) is 3.73. The summed E-state index contributed by atoms with van der Waals surface area (Å²) < 4.78 is 6.02. The van der Waals surface area contributed by atoms with E-state index in [9.17, 15) is 4.79 Å². The van der Waals surface area contributed by atoms with Gasteiger partial charge in [-0.3, -0.25) is 4.79 Å². The lowest BCUT2D eigenvalue weighted by Gasteiger charge is -2.47. The number of hydrogen-bond acceptors (Lipinski definition) is 3. The van der Waals surface area contributed by atoms with E-state index in [1.165, 1.54) is 0 Å². The first-order chi connectivity index (χ1) is 9.72. The number of carbonyl (C=O) groups is 1. The van der Waals surface area contributed by atoms with E-state index in [1.54, 1.807) is 0 Å². The summed E-state index contributed by atoms with van der Waals surface area (Å²) in [4.78, 5) is 14.6. The average molecular weight is 290 g/mol. The summed E-state index contributed by atoms with van der Waals surface area (Å²) in [5, 5.41) is 0. The molecule has 1 fully saturated rings. The molecule has 1 aliphatic heterocycles. The zero-order valence-corrected chi connectivity index (χ0v) is 13.5. The lowest BCUT2D eigenvalue weighted by Crippen LogP contribution is -2.58. The Labute approximate surface area is 127 Å². The molecule has 0 spiro atoms. The van der Waals surface area contributed by atoms with Gasteiger partial charge in [-0.15, -0.1) is 0 Å². The first-order valence-corrected chi connectivity index (χ1v) is 7.47. The highest BCUT2D eigenvalue weighted by Gasteiger charge is 2.39. The summed E-state index contributed by atoms with van der Waals surface area (Å²) >= 11 is 0. The smallest absolute Gasteiger partial charge is 0.227 e. The van der Waals surface area contributed by atoms with E-state index in [0.29, 0.717) is 26.1 Å². The minimum Gasteiger partial charge on any atom is -0.366 e. The molecule has 0 radical (unpaired) electrons. The second-order valence-corrected chi connectivity index (χ2v) is 7.02. The van der Waals surface area contributed by atoms with Gasteiger partial charge in [-0.05, 0) is 38.8 Å². The van der Waals surface area contributed by atoms with Gasteiger partial charge >= 0.3 is 0 Å². The van der Waals surface area contributed by atoms with E-state index in [2.05, 4.69) is 0 Å². The summed E-state index contributed by atoms with van der Waals surface area (Å²) in [5.74, 6) is 0.139. The largest absolute Gasteiger partial charge is 0.366 e.